The van der Waals surface area contributed by atoms with Gasteiger partial charge in [-0.2, -0.15) is 5.26 Å². The summed E-state index contributed by atoms with van der Waals surface area (Å²) in [6.45, 7) is 4.08. The fourth-order valence-electron chi connectivity index (χ4n) is 2.52. The highest BCUT2D eigenvalue weighted by Crippen LogP contribution is 2.31. The van der Waals surface area contributed by atoms with E-state index in [9.17, 15) is 5.26 Å². The number of hydrogen-bond donors (Lipinski definition) is 1. The summed E-state index contributed by atoms with van der Waals surface area (Å²) in [4.78, 5) is 4.40. The summed E-state index contributed by atoms with van der Waals surface area (Å²) in [5.41, 5.74) is 12.4. The van der Waals surface area contributed by atoms with E-state index in [2.05, 4.69) is 11.1 Å². The molecule has 0 aliphatic carbocycles. The minimum Gasteiger partial charge on any atom is -0.383 e. The molecule has 3 aromatic rings. The molecule has 2 aromatic carbocycles. The normalized spacial score (nSPS) is 10.3. The highest BCUT2D eigenvalue weighted by molar-refractivity contribution is 5.80. The second-order valence-electron chi connectivity index (χ2n) is 5.66. The van der Waals surface area contributed by atoms with Gasteiger partial charge < -0.3 is 5.73 Å². The maximum atomic E-state index is 9.44. The van der Waals surface area contributed by atoms with Crippen LogP contribution in [0, 0.1) is 25.2 Å². The summed E-state index contributed by atoms with van der Waals surface area (Å²) in [6.07, 6.45) is 0. The number of hydrogen-bond acceptors (Lipinski definition) is 3. The summed E-state index contributed by atoms with van der Waals surface area (Å²) in [6, 6.07) is 20.3. The zero-order valence-electron chi connectivity index (χ0n) is 13.2. The van der Waals surface area contributed by atoms with E-state index in [1.807, 2.05) is 68.4 Å². The molecule has 2 N–H and O–H groups in total. The van der Waals surface area contributed by atoms with Gasteiger partial charge in [-0.05, 0) is 25.5 Å². The third-order valence-electron chi connectivity index (χ3n) is 3.87. The molecule has 1 aromatic heterocycles. The summed E-state index contributed by atoms with van der Waals surface area (Å²) in [7, 11) is 0. The zero-order chi connectivity index (χ0) is 16.4. The number of pyridine rings is 1. The quantitative estimate of drug-likeness (QED) is 0.758. The molecule has 3 rings (SSSR count). The number of nitrogens with zero attached hydrogens (tertiary/aromatic N) is 2. The van der Waals surface area contributed by atoms with Crippen LogP contribution < -0.4 is 5.73 Å². The molecule has 23 heavy (non-hydrogen) atoms. The van der Waals surface area contributed by atoms with E-state index in [4.69, 9.17) is 5.73 Å². The molecule has 3 heteroatoms. The van der Waals surface area contributed by atoms with Crippen molar-refractivity contribution in [2.75, 3.05) is 5.73 Å². The number of aromatic nitrogens is 1. The van der Waals surface area contributed by atoms with Crippen molar-refractivity contribution in [2.45, 2.75) is 13.8 Å². The first-order valence-electron chi connectivity index (χ1n) is 7.43. The summed E-state index contributed by atoms with van der Waals surface area (Å²) < 4.78 is 0. The zero-order valence-corrected chi connectivity index (χ0v) is 13.2. The predicted molar refractivity (Wildman–Crippen MR) is 93.7 cm³/mol. The Morgan fingerprint density at radius 3 is 1.91 bits per heavy atom. The number of nitriles is 1. The third kappa shape index (κ3) is 2.93. The molecule has 0 aliphatic heterocycles. The number of nitrogens with two attached hydrogens (primary N) is 1. The lowest BCUT2D eigenvalue weighted by atomic mass is 9.97. The van der Waals surface area contributed by atoms with Gasteiger partial charge in [0.2, 0.25) is 0 Å². The van der Waals surface area contributed by atoms with E-state index < -0.39 is 0 Å². The molecule has 1 heterocycles. The fourth-order valence-corrected chi connectivity index (χ4v) is 2.52. The van der Waals surface area contributed by atoms with Gasteiger partial charge in [0.1, 0.15) is 17.5 Å². The molecule has 0 fully saturated rings. The first kappa shape index (κ1) is 14.8. The van der Waals surface area contributed by atoms with Crippen molar-refractivity contribution in [2.24, 2.45) is 0 Å². The largest absolute Gasteiger partial charge is 0.383 e. The number of rotatable bonds is 2. The molecule has 0 radical (unpaired) electrons. The molecule has 3 nitrogen and oxygen atoms in total. The maximum absolute atomic E-state index is 9.44. The Hall–Kier alpha value is -3.12. The summed E-state index contributed by atoms with van der Waals surface area (Å²) in [5, 5.41) is 9.44. The average molecular weight is 299 g/mol. The van der Waals surface area contributed by atoms with Crippen molar-refractivity contribution in [3.63, 3.8) is 0 Å². The first-order valence-corrected chi connectivity index (χ1v) is 7.43. The fraction of sp³-hybridized carbons (Fsp3) is 0.100. The van der Waals surface area contributed by atoms with Crippen molar-refractivity contribution in [1.82, 2.24) is 4.98 Å². The number of nitrogen functional groups attached to an aromatic ring is 1. The van der Waals surface area contributed by atoms with Gasteiger partial charge >= 0.3 is 0 Å². The molecule has 0 aliphatic rings. The Morgan fingerprint density at radius 1 is 0.870 bits per heavy atom. The minimum atomic E-state index is 0.265. The lowest BCUT2D eigenvalue weighted by Gasteiger charge is -2.10. The Kier molecular flexibility index (Phi) is 3.82. The number of benzene rings is 2. The van der Waals surface area contributed by atoms with Gasteiger partial charge in [0.15, 0.2) is 0 Å². The van der Waals surface area contributed by atoms with Gasteiger partial charge in [-0.15, -0.1) is 0 Å². The van der Waals surface area contributed by atoms with Crippen LogP contribution in [0.5, 0.6) is 0 Å². The number of anilines is 1. The van der Waals surface area contributed by atoms with Gasteiger partial charge in [-0.25, -0.2) is 4.98 Å². The standard InChI is InChI=1S/C20H17N3/c1-13-3-7-15(8-4-13)17-11-19(23-20(22)18(17)12-21)16-9-5-14(2)6-10-16/h3-11H,1-2H3,(H2,22,23). The van der Waals surface area contributed by atoms with Crippen LogP contribution >= 0.6 is 0 Å². The van der Waals surface area contributed by atoms with Gasteiger partial charge in [-0.1, -0.05) is 59.7 Å². The molecule has 0 saturated carbocycles. The molecule has 0 saturated heterocycles. The van der Waals surface area contributed by atoms with Crippen molar-refractivity contribution in [1.29, 1.82) is 5.26 Å². The first-order chi connectivity index (χ1) is 11.1. The van der Waals surface area contributed by atoms with Crippen LogP contribution in [0.4, 0.5) is 5.82 Å². The highest BCUT2D eigenvalue weighted by atomic mass is 14.8. The Labute approximate surface area is 136 Å². The van der Waals surface area contributed by atoms with Crippen LogP contribution in [0.1, 0.15) is 16.7 Å². The highest BCUT2D eigenvalue weighted by Gasteiger charge is 2.13. The van der Waals surface area contributed by atoms with E-state index in [0.717, 1.165) is 22.4 Å². The predicted octanol–water partition coefficient (Wildman–Crippen LogP) is 4.49. The lowest BCUT2D eigenvalue weighted by Crippen LogP contribution is -1.99. The summed E-state index contributed by atoms with van der Waals surface area (Å²) >= 11 is 0. The Bertz CT molecular complexity index is 886. The minimum absolute atomic E-state index is 0.265. The second-order valence-corrected chi connectivity index (χ2v) is 5.66. The summed E-state index contributed by atoms with van der Waals surface area (Å²) in [5.74, 6) is 0.265. The Balaban J connectivity index is 2.20. The second kappa shape index (κ2) is 5.94. The molecule has 0 bridgehead atoms. The van der Waals surface area contributed by atoms with Crippen molar-refractivity contribution in [3.8, 4) is 28.5 Å². The van der Waals surface area contributed by atoms with E-state index in [0.29, 0.717) is 5.56 Å². The third-order valence-corrected chi connectivity index (χ3v) is 3.87. The van der Waals surface area contributed by atoms with Gasteiger partial charge in [0.25, 0.3) is 0 Å². The van der Waals surface area contributed by atoms with Crippen LogP contribution in [0.2, 0.25) is 0 Å². The topological polar surface area (TPSA) is 62.7 Å². The molecule has 0 amide bonds. The van der Waals surface area contributed by atoms with E-state index in [1.54, 1.807) is 0 Å². The van der Waals surface area contributed by atoms with Gasteiger partial charge in [0, 0.05) is 11.1 Å². The maximum Gasteiger partial charge on any atom is 0.142 e. The average Bonchev–Trinajstić information content (AvgIpc) is 2.55. The van der Waals surface area contributed by atoms with Crippen LogP contribution in [0.15, 0.2) is 54.6 Å². The van der Waals surface area contributed by atoms with Crippen LogP contribution in [0.3, 0.4) is 0 Å². The molecule has 0 unspecified atom stereocenters. The van der Waals surface area contributed by atoms with Crippen LogP contribution in [-0.2, 0) is 0 Å². The Morgan fingerprint density at radius 2 is 1.39 bits per heavy atom. The van der Waals surface area contributed by atoms with Gasteiger partial charge in [0.05, 0.1) is 5.69 Å². The van der Waals surface area contributed by atoms with Crippen molar-refractivity contribution in [3.05, 3.63) is 71.3 Å². The molecular formula is C20H17N3. The molecular weight excluding hydrogens is 282 g/mol. The van der Waals surface area contributed by atoms with E-state index in [-0.39, 0.29) is 5.82 Å². The van der Waals surface area contributed by atoms with Crippen molar-refractivity contribution >= 4 is 5.82 Å². The molecule has 0 spiro atoms. The van der Waals surface area contributed by atoms with Crippen LogP contribution in [0.25, 0.3) is 22.4 Å². The van der Waals surface area contributed by atoms with E-state index in [1.165, 1.54) is 11.1 Å². The molecule has 112 valence electrons. The SMILES string of the molecule is Cc1ccc(-c2cc(-c3ccc(C)cc3)c(C#N)c(N)n2)cc1. The van der Waals surface area contributed by atoms with Gasteiger partial charge in [-0.3, -0.25) is 0 Å². The lowest BCUT2D eigenvalue weighted by molar-refractivity contribution is 1.30. The molecule has 0 atom stereocenters. The smallest absolute Gasteiger partial charge is 0.142 e. The van der Waals surface area contributed by atoms with Crippen LogP contribution in [-0.4, -0.2) is 4.98 Å². The monoisotopic (exact) mass is 299 g/mol. The van der Waals surface area contributed by atoms with E-state index >= 15 is 0 Å². The van der Waals surface area contributed by atoms with Crippen molar-refractivity contribution < 1.29 is 0 Å². The number of aryl methyl sites for hydroxylation is 2.